The van der Waals surface area contributed by atoms with E-state index in [1.165, 1.54) is 0 Å². The first-order chi connectivity index (χ1) is 5.00. The summed E-state index contributed by atoms with van der Waals surface area (Å²) in [6.07, 6.45) is 0. The summed E-state index contributed by atoms with van der Waals surface area (Å²) in [4.78, 5) is 30.5. The number of methoxy groups -OCH3 is 1. The predicted octanol–water partition coefficient (Wildman–Crippen LogP) is -1.06. The second-order valence-corrected chi connectivity index (χ2v) is 1.63. The molecule has 0 radical (unpaired) electrons. The van der Waals surface area contributed by atoms with Gasteiger partial charge in [-0.1, -0.05) is 0 Å². The molecule has 62 valence electrons. The van der Waals surface area contributed by atoms with Crippen LogP contribution >= 0.6 is 0 Å². The molecule has 0 rings (SSSR count). The molecule has 2 N–H and O–H groups in total. The maximum Gasteiger partial charge on any atom is 0.331 e. The summed E-state index contributed by atoms with van der Waals surface area (Å²) in [6, 6.07) is 0. The molecule has 11 heavy (non-hydrogen) atoms. The van der Waals surface area contributed by atoms with E-state index in [9.17, 15) is 14.4 Å². The predicted molar refractivity (Wildman–Crippen MR) is 30.8 cm³/mol. The van der Waals surface area contributed by atoms with E-state index in [0.29, 0.717) is 0 Å². The quantitative estimate of drug-likeness (QED) is 0.405. The van der Waals surface area contributed by atoms with Gasteiger partial charge >= 0.3 is 17.9 Å². The average molecular weight is 162 g/mol. The van der Waals surface area contributed by atoms with Crippen molar-refractivity contribution in [3.8, 4) is 0 Å². The van der Waals surface area contributed by atoms with Crippen molar-refractivity contribution in [2.24, 2.45) is 5.92 Å². The smallest absolute Gasteiger partial charge is 0.331 e. The second kappa shape index (κ2) is 3.55. The third-order valence-corrected chi connectivity index (χ3v) is 0.931. The van der Waals surface area contributed by atoms with Gasteiger partial charge in [0, 0.05) is 0 Å². The molecule has 0 aliphatic heterocycles. The Morgan fingerprint density at radius 1 is 1.18 bits per heavy atom. The number of aliphatic carboxylic acids is 2. The van der Waals surface area contributed by atoms with Crippen molar-refractivity contribution < 1.29 is 29.3 Å². The van der Waals surface area contributed by atoms with Crippen LogP contribution in [0.25, 0.3) is 0 Å². The Labute approximate surface area is 61.4 Å². The van der Waals surface area contributed by atoms with Crippen molar-refractivity contribution in [1.29, 1.82) is 0 Å². The number of carboxylic acids is 2. The number of carbonyl (C=O) groups is 3. The maximum atomic E-state index is 10.4. The Morgan fingerprint density at radius 3 is 1.64 bits per heavy atom. The van der Waals surface area contributed by atoms with Gasteiger partial charge in [0.15, 0.2) is 0 Å². The van der Waals surface area contributed by atoms with Crippen LogP contribution in [0, 0.1) is 5.92 Å². The van der Waals surface area contributed by atoms with Gasteiger partial charge in [-0.3, -0.25) is 14.4 Å². The van der Waals surface area contributed by atoms with Crippen molar-refractivity contribution in [3.63, 3.8) is 0 Å². The molecule has 0 aromatic rings. The van der Waals surface area contributed by atoms with Crippen molar-refractivity contribution in [1.82, 2.24) is 0 Å². The zero-order chi connectivity index (χ0) is 9.02. The molecule has 0 unspecified atom stereocenters. The van der Waals surface area contributed by atoms with Crippen molar-refractivity contribution in [2.45, 2.75) is 0 Å². The fourth-order valence-corrected chi connectivity index (χ4v) is 0.425. The fourth-order valence-electron chi connectivity index (χ4n) is 0.425. The van der Waals surface area contributed by atoms with Crippen LogP contribution in [-0.2, 0) is 19.1 Å². The summed E-state index contributed by atoms with van der Waals surface area (Å²) < 4.78 is 3.93. The Kier molecular flexibility index (Phi) is 3.03. The van der Waals surface area contributed by atoms with Crippen molar-refractivity contribution in [3.05, 3.63) is 0 Å². The molecule has 0 amide bonds. The first-order valence-corrected chi connectivity index (χ1v) is 2.54. The summed E-state index contributed by atoms with van der Waals surface area (Å²) in [5, 5.41) is 16.3. The lowest BCUT2D eigenvalue weighted by Crippen LogP contribution is -2.32. The highest BCUT2D eigenvalue weighted by Gasteiger charge is 2.34. The first-order valence-electron chi connectivity index (χ1n) is 2.54. The molecule has 6 nitrogen and oxygen atoms in total. The van der Waals surface area contributed by atoms with E-state index in [0.717, 1.165) is 7.11 Å². The SMILES string of the molecule is COC(=O)C(C(=O)O)C(=O)O. The molecule has 0 aliphatic rings. The highest BCUT2D eigenvalue weighted by atomic mass is 16.5. The van der Waals surface area contributed by atoms with Crippen LogP contribution < -0.4 is 0 Å². The monoisotopic (exact) mass is 162 g/mol. The fraction of sp³-hybridized carbons (Fsp3) is 0.400. The Balaban J connectivity index is 4.47. The highest BCUT2D eigenvalue weighted by Crippen LogP contribution is 1.99. The Bertz CT molecular complexity index is 181. The number of ether oxygens (including phenoxy) is 1. The number of hydrogen-bond acceptors (Lipinski definition) is 4. The molecule has 0 aromatic carbocycles. The first kappa shape index (κ1) is 9.41. The zero-order valence-electron chi connectivity index (χ0n) is 5.60. The molecular formula is C5H6O6. The minimum Gasteiger partial charge on any atom is -0.480 e. The van der Waals surface area contributed by atoms with Gasteiger partial charge in [0.05, 0.1) is 7.11 Å². The molecule has 0 spiro atoms. The van der Waals surface area contributed by atoms with E-state index in [-0.39, 0.29) is 0 Å². The number of esters is 1. The lowest BCUT2D eigenvalue weighted by molar-refractivity contribution is -0.165. The molecule has 0 aliphatic carbocycles. The normalized spacial score (nSPS) is 9.27. The third-order valence-electron chi connectivity index (χ3n) is 0.931. The van der Waals surface area contributed by atoms with Gasteiger partial charge in [0.1, 0.15) is 0 Å². The van der Waals surface area contributed by atoms with Gasteiger partial charge in [-0.2, -0.15) is 0 Å². The lowest BCUT2D eigenvalue weighted by atomic mass is 10.1. The second-order valence-electron chi connectivity index (χ2n) is 1.63. The number of hydrogen-bond donors (Lipinski definition) is 2. The van der Waals surface area contributed by atoms with Crippen LogP contribution in [0.4, 0.5) is 0 Å². The highest BCUT2D eigenvalue weighted by molar-refractivity contribution is 6.11. The molecule has 0 saturated heterocycles. The standard InChI is InChI=1S/C5H6O6/c1-11-5(10)2(3(6)7)4(8)9/h2H,1H3,(H,6,7)(H,8,9). The summed E-state index contributed by atoms with van der Waals surface area (Å²) in [7, 11) is 0.918. The van der Waals surface area contributed by atoms with Gasteiger partial charge in [0.2, 0.25) is 5.92 Å². The molecular weight excluding hydrogens is 156 g/mol. The third kappa shape index (κ3) is 2.24. The average Bonchev–Trinajstić information content (AvgIpc) is 1.85. The summed E-state index contributed by atoms with van der Waals surface area (Å²) in [6.45, 7) is 0. The van der Waals surface area contributed by atoms with E-state index in [1.54, 1.807) is 0 Å². The summed E-state index contributed by atoms with van der Waals surface area (Å²) >= 11 is 0. The van der Waals surface area contributed by atoms with Gasteiger partial charge in [-0.05, 0) is 0 Å². The van der Waals surface area contributed by atoms with Crippen molar-refractivity contribution in [2.75, 3.05) is 7.11 Å². The number of carboxylic acid groups (broad SMARTS) is 2. The maximum absolute atomic E-state index is 10.4. The van der Waals surface area contributed by atoms with E-state index in [4.69, 9.17) is 10.2 Å². The van der Waals surface area contributed by atoms with Gasteiger partial charge in [0.25, 0.3) is 0 Å². The molecule has 0 saturated carbocycles. The van der Waals surface area contributed by atoms with Crippen LogP contribution in [0.15, 0.2) is 0 Å². The van der Waals surface area contributed by atoms with Gasteiger partial charge in [-0.25, -0.2) is 0 Å². The van der Waals surface area contributed by atoms with Crippen LogP contribution in [0.5, 0.6) is 0 Å². The number of carbonyl (C=O) groups excluding carboxylic acids is 1. The van der Waals surface area contributed by atoms with Crippen LogP contribution in [0.3, 0.4) is 0 Å². The van der Waals surface area contributed by atoms with E-state index in [1.807, 2.05) is 0 Å². The molecule has 0 fully saturated rings. The molecule has 0 bridgehead atoms. The lowest BCUT2D eigenvalue weighted by Gasteiger charge is -2.02. The van der Waals surface area contributed by atoms with Gasteiger partial charge in [-0.15, -0.1) is 0 Å². The molecule has 0 aromatic heterocycles. The van der Waals surface area contributed by atoms with E-state index < -0.39 is 23.8 Å². The number of rotatable bonds is 3. The van der Waals surface area contributed by atoms with E-state index in [2.05, 4.69) is 4.74 Å². The molecule has 0 atom stereocenters. The summed E-state index contributed by atoms with van der Waals surface area (Å²) in [5.74, 6) is -6.88. The van der Waals surface area contributed by atoms with Crippen LogP contribution in [0.1, 0.15) is 0 Å². The molecule has 0 heterocycles. The Hall–Kier alpha value is -1.59. The largest absolute Gasteiger partial charge is 0.480 e. The van der Waals surface area contributed by atoms with E-state index >= 15 is 0 Å². The minimum atomic E-state index is -2.13. The summed E-state index contributed by atoms with van der Waals surface area (Å²) in [5.41, 5.74) is 0. The van der Waals surface area contributed by atoms with Gasteiger partial charge < -0.3 is 14.9 Å². The van der Waals surface area contributed by atoms with Crippen LogP contribution in [0.2, 0.25) is 0 Å². The van der Waals surface area contributed by atoms with Crippen molar-refractivity contribution >= 4 is 17.9 Å². The molecule has 6 heteroatoms. The topological polar surface area (TPSA) is 101 Å². The zero-order valence-corrected chi connectivity index (χ0v) is 5.60. The van der Waals surface area contributed by atoms with Crippen LogP contribution in [-0.4, -0.2) is 35.2 Å². The Morgan fingerprint density at radius 2 is 1.55 bits per heavy atom. The minimum absolute atomic E-state index is 0.918.